The molecule has 8 heteroatoms. The highest BCUT2D eigenvalue weighted by Crippen LogP contribution is 2.22. The third-order valence-electron chi connectivity index (χ3n) is 2.82. The predicted octanol–water partition coefficient (Wildman–Crippen LogP) is 1.33. The standard InChI is InChI=1S/C13H17N3O5/c1-2-15(9-13(18)19)12(17)7-8-14-10-5-3-4-6-11(10)16(20)21/h3-6,14H,2,7-9H2,1H3,(H,18,19). The van der Waals surface area contributed by atoms with Crippen LogP contribution in [0.4, 0.5) is 11.4 Å². The summed E-state index contributed by atoms with van der Waals surface area (Å²) in [7, 11) is 0. The van der Waals surface area contributed by atoms with Crippen LogP contribution in [0.5, 0.6) is 0 Å². The number of carbonyl (C=O) groups excluding carboxylic acids is 1. The number of carboxylic acids is 1. The molecule has 0 aliphatic carbocycles. The lowest BCUT2D eigenvalue weighted by Crippen LogP contribution is -2.36. The van der Waals surface area contributed by atoms with Crippen LogP contribution in [0, 0.1) is 10.1 Å². The number of carbonyl (C=O) groups is 2. The number of anilines is 1. The number of nitro benzene ring substituents is 1. The van der Waals surface area contributed by atoms with Crippen LogP contribution in [0.3, 0.4) is 0 Å². The van der Waals surface area contributed by atoms with Crippen LogP contribution in [0.2, 0.25) is 0 Å². The Kier molecular flexibility index (Phi) is 6.12. The number of rotatable bonds is 8. The summed E-state index contributed by atoms with van der Waals surface area (Å²) in [6, 6.07) is 6.13. The molecule has 0 spiro atoms. The zero-order valence-corrected chi connectivity index (χ0v) is 11.6. The molecule has 0 saturated heterocycles. The van der Waals surface area contributed by atoms with Crippen LogP contribution in [0.1, 0.15) is 13.3 Å². The van der Waals surface area contributed by atoms with Crippen molar-refractivity contribution in [3.63, 3.8) is 0 Å². The van der Waals surface area contributed by atoms with Gasteiger partial charge >= 0.3 is 5.97 Å². The topological polar surface area (TPSA) is 113 Å². The number of nitro groups is 1. The molecule has 0 unspecified atom stereocenters. The van der Waals surface area contributed by atoms with Crippen molar-refractivity contribution in [2.45, 2.75) is 13.3 Å². The Morgan fingerprint density at radius 2 is 2.05 bits per heavy atom. The van der Waals surface area contributed by atoms with Crippen molar-refractivity contribution in [1.82, 2.24) is 4.90 Å². The molecule has 21 heavy (non-hydrogen) atoms. The molecule has 8 nitrogen and oxygen atoms in total. The van der Waals surface area contributed by atoms with E-state index in [2.05, 4.69) is 5.32 Å². The molecular weight excluding hydrogens is 278 g/mol. The highest BCUT2D eigenvalue weighted by Gasteiger charge is 2.16. The van der Waals surface area contributed by atoms with Gasteiger partial charge in [-0.3, -0.25) is 19.7 Å². The summed E-state index contributed by atoms with van der Waals surface area (Å²) in [6.45, 7) is 1.84. The van der Waals surface area contributed by atoms with Gasteiger partial charge in [0.05, 0.1) is 4.92 Å². The average Bonchev–Trinajstić information content (AvgIpc) is 2.44. The van der Waals surface area contributed by atoms with E-state index in [4.69, 9.17) is 5.11 Å². The van der Waals surface area contributed by atoms with E-state index in [-0.39, 0.29) is 31.1 Å². The Morgan fingerprint density at radius 3 is 2.62 bits per heavy atom. The Morgan fingerprint density at radius 1 is 1.38 bits per heavy atom. The maximum Gasteiger partial charge on any atom is 0.323 e. The first kappa shape index (κ1) is 16.4. The van der Waals surface area contributed by atoms with E-state index in [1.165, 1.54) is 11.0 Å². The van der Waals surface area contributed by atoms with Crippen LogP contribution >= 0.6 is 0 Å². The fourth-order valence-electron chi connectivity index (χ4n) is 1.78. The largest absolute Gasteiger partial charge is 0.480 e. The molecule has 1 aromatic rings. The van der Waals surface area contributed by atoms with Gasteiger partial charge in [-0.1, -0.05) is 12.1 Å². The monoisotopic (exact) mass is 295 g/mol. The fraction of sp³-hybridized carbons (Fsp3) is 0.385. The van der Waals surface area contributed by atoms with Crippen LogP contribution in [0.25, 0.3) is 0 Å². The van der Waals surface area contributed by atoms with Crippen molar-refractivity contribution in [2.24, 2.45) is 0 Å². The van der Waals surface area contributed by atoms with Crippen LogP contribution < -0.4 is 5.32 Å². The summed E-state index contributed by atoms with van der Waals surface area (Å²) in [5.41, 5.74) is 0.263. The van der Waals surface area contributed by atoms with Gasteiger partial charge in [0.1, 0.15) is 12.2 Å². The summed E-state index contributed by atoms with van der Waals surface area (Å²) in [6.07, 6.45) is 0.0627. The van der Waals surface area contributed by atoms with Crippen molar-refractivity contribution in [2.75, 3.05) is 25.0 Å². The third kappa shape index (κ3) is 5.09. The van der Waals surface area contributed by atoms with E-state index < -0.39 is 10.9 Å². The molecule has 0 bridgehead atoms. The molecule has 0 atom stereocenters. The van der Waals surface area contributed by atoms with E-state index in [9.17, 15) is 19.7 Å². The number of nitrogens with one attached hydrogen (secondary N) is 1. The zero-order valence-electron chi connectivity index (χ0n) is 11.6. The van der Waals surface area contributed by atoms with Crippen molar-refractivity contribution in [3.05, 3.63) is 34.4 Å². The highest BCUT2D eigenvalue weighted by atomic mass is 16.6. The second-order valence-corrected chi connectivity index (χ2v) is 4.25. The lowest BCUT2D eigenvalue weighted by Gasteiger charge is -2.18. The Hall–Kier alpha value is -2.64. The number of para-hydroxylation sites is 2. The Balaban J connectivity index is 2.55. The molecule has 1 aromatic carbocycles. The van der Waals surface area contributed by atoms with Crippen molar-refractivity contribution >= 4 is 23.3 Å². The highest BCUT2D eigenvalue weighted by molar-refractivity contribution is 5.81. The number of amides is 1. The first-order valence-corrected chi connectivity index (χ1v) is 6.42. The van der Waals surface area contributed by atoms with Gasteiger partial charge in [-0.05, 0) is 13.0 Å². The summed E-state index contributed by atoms with van der Waals surface area (Å²) in [5.74, 6) is -1.39. The summed E-state index contributed by atoms with van der Waals surface area (Å²) in [4.78, 5) is 33.9. The SMILES string of the molecule is CCN(CC(=O)O)C(=O)CCNc1ccccc1[N+](=O)[O-]. The number of hydrogen-bond donors (Lipinski definition) is 2. The molecule has 0 saturated carbocycles. The van der Waals surface area contributed by atoms with Gasteiger partial charge < -0.3 is 15.3 Å². The normalized spacial score (nSPS) is 9.95. The summed E-state index contributed by atoms with van der Waals surface area (Å²) >= 11 is 0. The maximum absolute atomic E-state index is 11.8. The van der Waals surface area contributed by atoms with E-state index in [1.807, 2.05) is 0 Å². The molecule has 1 rings (SSSR count). The smallest absolute Gasteiger partial charge is 0.323 e. The quantitative estimate of drug-likeness (QED) is 0.552. The van der Waals surface area contributed by atoms with E-state index in [1.54, 1.807) is 25.1 Å². The van der Waals surface area contributed by atoms with Gasteiger partial charge in [0.2, 0.25) is 5.91 Å². The van der Waals surface area contributed by atoms with Gasteiger partial charge in [0.25, 0.3) is 5.69 Å². The van der Waals surface area contributed by atoms with Crippen molar-refractivity contribution in [3.8, 4) is 0 Å². The van der Waals surface area contributed by atoms with Crippen molar-refractivity contribution in [1.29, 1.82) is 0 Å². The Bertz CT molecular complexity index is 532. The molecule has 0 heterocycles. The summed E-state index contributed by atoms with van der Waals surface area (Å²) in [5, 5.41) is 22.3. The number of hydrogen-bond acceptors (Lipinski definition) is 5. The minimum Gasteiger partial charge on any atom is -0.480 e. The maximum atomic E-state index is 11.8. The predicted molar refractivity (Wildman–Crippen MR) is 76.1 cm³/mol. The van der Waals surface area contributed by atoms with Gasteiger partial charge in [0, 0.05) is 25.6 Å². The lowest BCUT2D eigenvalue weighted by atomic mass is 10.2. The lowest BCUT2D eigenvalue weighted by molar-refractivity contribution is -0.384. The van der Waals surface area contributed by atoms with Crippen LogP contribution in [0.15, 0.2) is 24.3 Å². The molecule has 0 aliphatic heterocycles. The summed E-state index contributed by atoms with van der Waals surface area (Å²) < 4.78 is 0. The van der Waals surface area contributed by atoms with E-state index in [0.29, 0.717) is 12.2 Å². The zero-order chi connectivity index (χ0) is 15.8. The van der Waals surface area contributed by atoms with Gasteiger partial charge in [-0.15, -0.1) is 0 Å². The third-order valence-corrected chi connectivity index (χ3v) is 2.82. The number of nitrogens with zero attached hydrogens (tertiary/aromatic N) is 2. The fourth-order valence-corrected chi connectivity index (χ4v) is 1.78. The minimum absolute atomic E-state index is 0.0627. The second kappa shape index (κ2) is 7.83. The Labute approximate surface area is 121 Å². The minimum atomic E-state index is -1.07. The van der Waals surface area contributed by atoms with Gasteiger partial charge in [0.15, 0.2) is 0 Å². The van der Waals surface area contributed by atoms with Gasteiger partial charge in [-0.25, -0.2) is 0 Å². The number of carboxylic acid groups (broad SMARTS) is 1. The molecule has 1 amide bonds. The molecule has 0 aromatic heterocycles. The first-order chi connectivity index (χ1) is 9.95. The molecule has 114 valence electrons. The molecular formula is C13H17N3O5. The molecule has 0 radical (unpaired) electrons. The second-order valence-electron chi connectivity index (χ2n) is 4.25. The van der Waals surface area contributed by atoms with E-state index in [0.717, 1.165) is 0 Å². The number of likely N-dealkylation sites (N-methyl/N-ethyl adjacent to an activating group) is 1. The number of aliphatic carboxylic acids is 1. The van der Waals surface area contributed by atoms with Gasteiger partial charge in [-0.2, -0.15) is 0 Å². The first-order valence-electron chi connectivity index (χ1n) is 6.42. The molecule has 0 fully saturated rings. The van der Waals surface area contributed by atoms with Crippen LogP contribution in [-0.2, 0) is 9.59 Å². The van der Waals surface area contributed by atoms with Crippen molar-refractivity contribution < 1.29 is 19.6 Å². The average molecular weight is 295 g/mol. The van der Waals surface area contributed by atoms with E-state index >= 15 is 0 Å². The molecule has 2 N–H and O–H groups in total. The number of benzene rings is 1. The molecule has 0 aliphatic rings. The van der Waals surface area contributed by atoms with Crippen LogP contribution in [-0.4, -0.2) is 46.4 Å².